The Bertz CT molecular complexity index is 935. The third-order valence-electron chi connectivity index (χ3n) is 8.62. The van der Waals surface area contributed by atoms with Gasteiger partial charge < -0.3 is 29.7 Å². The van der Waals surface area contributed by atoms with Crippen molar-refractivity contribution in [1.29, 1.82) is 0 Å². The molecule has 0 spiro atoms. The molecule has 1 fully saturated rings. The van der Waals surface area contributed by atoms with Crippen LogP contribution >= 0.6 is 0 Å². The highest BCUT2D eigenvalue weighted by Gasteiger charge is 2.42. The van der Waals surface area contributed by atoms with E-state index in [0.717, 1.165) is 12.8 Å². The predicted octanol–water partition coefficient (Wildman–Crippen LogP) is 4.12. The largest absolute Gasteiger partial charge is 0.386 e. The van der Waals surface area contributed by atoms with E-state index in [4.69, 9.17) is 9.47 Å². The number of aliphatic hydroxyl groups is 1. The number of methoxy groups -OCH3 is 2. The Morgan fingerprint density at radius 3 is 2.24 bits per heavy atom. The van der Waals surface area contributed by atoms with Crippen molar-refractivity contribution in [2.45, 2.75) is 110 Å². The first-order chi connectivity index (χ1) is 19.8. The van der Waals surface area contributed by atoms with Crippen LogP contribution in [0.4, 0.5) is 0 Å². The van der Waals surface area contributed by atoms with Crippen LogP contribution in [0.5, 0.6) is 0 Å². The molecule has 0 aromatic carbocycles. The molecule has 0 radical (unpaired) electrons. The van der Waals surface area contributed by atoms with Crippen molar-refractivity contribution in [2.24, 2.45) is 17.8 Å². The van der Waals surface area contributed by atoms with Crippen molar-refractivity contribution < 1.29 is 29.0 Å². The van der Waals surface area contributed by atoms with Crippen molar-refractivity contribution in [3.63, 3.8) is 0 Å². The van der Waals surface area contributed by atoms with Gasteiger partial charge in [0, 0.05) is 34.2 Å². The molecule has 1 saturated heterocycles. The fourth-order valence-electron chi connectivity index (χ4n) is 5.97. The topological polar surface area (TPSA) is 108 Å². The zero-order chi connectivity index (χ0) is 32.1. The fraction of sp³-hybridized carbons (Fsp3) is 0.727. The number of rotatable bonds is 18. The number of likely N-dealkylation sites (N-methyl/N-ethyl adjacent to an activating group) is 1. The van der Waals surface area contributed by atoms with Gasteiger partial charge in [-0.1, -0.05) is 72.4 Å². The maximum absolute atomic E-state index is 13.8. The molecule has 0 aliphatic carbocycles. The van der Waals surface area contributed by atoms with Gasteiger partial charge in [0.15, 0.2) is 0 Å². The Morgan fingerprint density at radius 2 is 1.74 bits per heavy atom. The molecule has 9 heteroatoms. The second-order valence-corrected chi connectivity index (χ2v) is 12.1. The van der Waals surface area contributed by atoms with Gasteiger partial charge in [-0.25, -0.2) is 0 Å². The fourth-order valence-corrected chi connectivity index (χ4v) is 5.97. The van der Waals surface area contributed by atoms with Gasteiger partial charge in [0.05, 0.1) is 48.8 Å². The number of amides is 3. The second kappa shape index (κ2) is 18.2. The standard InChI is InChI=1S/C33H57N3O6/c1-12-16-25(14-3)31(39)24(8)34-33(40)23(7)32(42-11)26-17-15-18-36(26)29(38)20-27(41-10)30(22(6)13-2)35(9)28(37)19-21(4)5/h12,14,16,21-24,26-27,30-32,39H,1,3,13,15,17-20H2,2,4-11H3,(H,34,40)/b25-16+. The normalized spacial score (nSPS) is 20.7. The predicted molar refractivity (Wildman–Crippen MR) is 168 cm³/mol. The summed E-state index contributed by atoms with van der Waals surface area (Å²) in [5, 5.41) is 13.6. The van der Waals surface area contributed by atoms with Crippen LogP contribution in [0, 0.1) is 17.8 Å². The van der Waals surface area contributed by atoms with Crippen LogP contribution in [-0.4, -0.2) is 96.9 Å². The van der Waals surface area contributed by atoms with Crippen LogP contribution in [-0.2, 0) is 23.9 Å². The number of hydrogen-bond donors (Lipinski definition) is 2. The number of likely N-dealkylation sites (tertiary alicyclic amines) is 1. The number of carbonyl (C=O) groups is 3. The van der Waals surface area contributed by atoms with E-state index in [1.165, 1.54) is 6.08 Å². The van der Waals surface area contributed by atoms with Gasteiger partial charge in [0.25, 0.3) is 0 Å². The maximum Gasteiger partial charge on any atom is 0.225 e. The lowest BCUT2D eigenvalue weighted by Gasteiger charge is -2.39. The monoisotopic (exact) mass is 591 g/mol. The van der Waals surface area contributed by atoms with Crippen LogP contribution in [0.1, 0.15) is 73.6 Å². The average molecular weight is 592 g/mol. The molecule has 1 aliphatic heterocycles. The summed E-state index contributed by atoms with van der Waals surface area (Å²) < 4.78 is 11.7. The molecule has 1 heterocycles. The van der Waals surface area contributed by atoms with Crippen molar-refractivity contribution in [3.8, 4) is 0 Å². The van der Waals surface area contributed by atoms with E-state index in [1.54, 1.807) is 52.2 Å². The number of carbonyl (C=O) groups excluding carboxylic acids is 3. The van der Waals surface area contributed by atoms with E-state index in [-0.39, 0.29) is 48.1 Å². The van der Waals surface area contributed by atoms with Crippen LogP contribution in [0.25, 0.3) is 0 Å². The molecule has 9 nitrogen and oxygen atoms in total. The zero-order valence-electron chi connectivity index (χ0n) is 27.5. The van der Waals surface area contributed by atoms with Crippen molar-refractivity contribution in [2.75, 3.05) is 27.8 Å². The van der Waals surface area contributed by atoms with E-state index in [2.05, 4.69) is 32.3 Å². The van der Waals surface area contributed by atoms with Gasteiger partial charge in [-0.3, -0.25) is 14.4 Å². The summed E-state index contributed by atoms with van der Waals surface area (Å²) in [7, 11) is 4.96. The lowest BCUT2D eigenvalue weighted by Crippen LogP contribution is -2.54. The molecule has 240 valence electrons. The van der Waals surface area contributed by atoms with Gasteiger partial charge >= 0.3 is 0 Å². The first-order valence-electron chi connectivity index (χ1n) is 15.3. The van der Waals surface area contributed by atoms with Crippen molar-refractivity contribution in [3.05, 3.63) is 37.0 Å². The first kappa shape index (κ1) is 37.5. The summed E-state index contributed by atoms with van der Waals surface area (Å²) >= 11 is 0. The summed E-state index contributed by atoms with van der Waals surface area (Å²) in [4.78, 5) is 43.6. The molecule has 8 atom stereocenters. The van der Waals surface area contributed by atoms with Gasteiger partial charge in [0.2, 0.25) is 17.7 Å². The van der Waals surface area contributed by atoms with E-state index < -0.39 is 30.3 Å². The molecule has 3 amide bonds. The SMILES string of the molecule is C=C/C=C(\C=C)C(O)C(C)NC(=O)C(C)C(OC)C1CCCN1C(=O)CC(OC)C(C(C)CC)N(C)C(=O)CC(C)C. The molecule has 8 unspecified atom stereocenters. The van der Waals surface area contributed by atoms with Gasteiger partial charge in [-0.2, -0.15) is 0 Å². The molecular formula is C33H57N3O6. The Labute approximate surface area is 254 Å². The lowest BCUT2D eigenvalue weighted by molar-refractivity contribution is -0.146. The first-order valence-corrected chi connectivity index (χ1v) is 15.3. The van der Waals surface area contributed by atoms with Crippen molar-refractivity contribution >= 4 is 17.7 Å². The minimum absolute atomic E-state index is 0.0441. The molecule has 1 aliphatic rings. The van der Waals surface area contributed by atoms with Gasteiger partial charge in [-0.15, -0.1) is 0 Å². The highest BCUT2D eigenvalue weighted by atomic mass is 16.5. The summed E-state index contributed by atoms with van der Waals surface area (Å²) in [6.07, 6.45) is 5.71. The average Bonchev–Trinajstić information content (AvgIpc) is 3.44. The number of nitrogens with one attached hydrogen (secondary N) is 1. The number of aliphatic hydroxyl groups excluding tert-OH is 1. The Kier molecular flexibility index (Phi) is 16.3. The summed E-state index contributed by atoms with van der Waals surface area (Å²) in [5.41, 5.74) is 0.557. The van der Waals surface area contributed by atoms with E-state index in [0.29, 0.717) is 25.0 Å². The smallest absolute Gasteiger partial charge is 0.225 e. The highest BCUT2D eigenvalue weighted by molar-refractivity contribution is 5.81. The molecule has 0 bridgehead atoms. The number of allylic oxidation sites excluding steroid dienone is 2. The Balaban J connectivity index is 3.09. The minimum atomic E-state index is -0.947. The molecule has 0 aromatic heterocycles. The number of nitrogens with zero attached hydrogens (tertiary/aromatic N) is 2. The van der Waals surface area contributed by atoms with Crippen LogP contribution < -0.4 is 5.32 Å². The summed E-state index contributed by atoms with van der Waals surface area (Å²) in [6.45, 7) is 19.6. The molecule has 42 heavy (non-hydrogen) atoms. The Morgan fingerprint density at radius 1 is 1.10 bits per heavy atom. The van der Waals surface area contributed by atoms with Gasteiger partial charge in [-0.05, 0) is 37.2 Å². The minimum Gasteiger partial charge on any atom is -0.386 e. The summed E-state index contributed by atoms with van der Waals surface area (Å²) in [6, 6.07) is -1.10. The Hall–Kier alpha value is -2.49. The highest BCUT2D eigenvalue weighted by Crippen LogP contribution is 2.29. The van der Waals surface area contributed by atoms with Crippen LogP contribution in [0.3, 0.4) is 0 Å². The molecule has 0 saturated carbocycles. The third kappa shape index (κ3) is 10.1. The van der Waals surface area contributed by atoms with Crippen LogP contribution in [0.15, 0.2) is 37.0 Å². The van der Waals surface area contributed by atoms with Gasteiger partial charge in [0.1, 0.15) is 0 Å². The quantitative estimate of drug-likeness (QED) is 0.232. The van der Waals surface area contributed by atoms with E-state index >= 15 is 0 Å². The van der Waals surface area contributed by atoms with E-state index in [9.17, 15) is 19.5 Å². The van der Waals surface area contributed by atoms with Crippen molar-refractivity contribution in [1.82, 2.24) is 15.1 Å². The lowest BCUT2D eigenvalue weighted by atomic mass is 9.90. The van der Waals surface area contributed by atoms with Crippen LogP contribution in [0.2, 0.25) is 0 Å². The molecule has 1 rings (SSSR count). The third-order valence-corrected chi connectivity index (χ3v) is 8.62. The molecule has 0 aromatic rings. The van der Waals surface area contributed by atoms with E-state index in [1.807, 2.05) is 18.7 Å². The maximum atomic E-state index is 13.8. The molecular weight excluding hydrogens is 534 g/mol. The zero-order valence-corrected chi connectivity index (χ0v) is 27.5. The number of ether oxygens (including phenoxy) is 2. The molecule has 2 N–H and O–H groups in total. The number of hydrogen-bond acceptors (Lipinski definition) is 6. The second-order valence-electron chi connectivity index (χ2n) is 12.1. The summed E-state index contributed by atoms with van der Waals surface area (Å²) in [5.74, 6) is -0.520.